The summed E-state index contributed by atoms with van der Waals surface area (Å²) in [6, 6.07) is 6.76. The van der Waals surface area contributed by atoms with E-state index in [0.717, 1.165) is 30.0 Å². The molecule has 0 radical (unpaired) electrons. The van der Waals surface area contributed by atoms with E-state index >= 15 is 0 Å². The SMILES string of the molecule is CCN1CCc2cc(Br)cc(CNC[C@H](N)[C@H](Cc3cc(F)cc(F)c3)NC(C)=O)c21. The van der Waals surface area contributed by atoms with E-state index in [2.05, 4.69) is 50.5 Å². The largest absolute Gasteiger partial charge is 0.371 e. The summed E-state index contributed by atoms with van der Waals surface area (Å²) in [5.41, 5.74) is 10.6. The Kier molecular flexibility index (Phi) is 8.02. The Morgan fingerprint density at radius 3 is 2.58 bits per heavy atom. The molecular formula is C23H29BrF2N4O. The summed E-state index contributed by atoms with van der Waals surface area (Å²) in [4.78, 5) is 14.0. The van der Waals surface area contributed by atoms with Crippen LogP contribution in [0.15, 0.2) is 34.8 Å². The predicted molar refractivity (Wildman–Crippen MR) is 123 cm³/mol. The number of hydrogen-bond acceptors (Lipinski definition) is 4. The van der Waals surface area contributed by atoms with Crippen molar-refractivity contribution in [2.45, 2.75) is 45.3 Å². The number of nitrogens with two attached hydrogens (primary N) is 1. The summed E-state index contributed by atoms with van der Waals surface area (Å²) in [5.74, 6) is -1.53. The number of fused-ring (bicyclic) bond motifs is 1. The molecule has 2 aromatic rings. The molecule has 3 rings (SSSR count). The molecule has 1 aliphatic rings. The molecule has 0 bridgehead atoms. The molecule has 31 heavy (non-hydrogen) atoms. The van der Waals surface area contributed by atoms with Crippen LogP contribution in [-0.2, 0) is 24.2 Å². The fourth-order valence-corrected chi connectivity index (χ4v) is 4.75. The summed E-state index contributed by atoms with van der Waals surface area (Å²) in [6.45, 7) is 6.60. The Morgan fingerprint density at radius 2 is 1.94 bits per heavy atom. The third-order valence-corrected chi connectivity index (χ3v) is 6.02. The molecule has 2 aromatic carbocycles. The fraction of sp³-hybridized carbons (Fsp3) is 0.435. The first-order chi connectivity index (χ1) is 14.8. The molecule has 4 N–H and O–H groups in total. The Balaban J connectivity index is 1.66. The van der Waals surface area contributed by atoms with E-state index in [1.165, 1.54) is 35.9 Å². The highest BCUT2D eigenvalue weighted by Crippen LogP contribution is 2.34. The van der Waals surface area contributed by atoms with Gasteiger partial charge in [-0.2, -0.15) is 0 Å². The summed E-state index contributed by atoms with van der Waals surface area (Å²) in [6.07, 6.45) is 1.27. The molecule has 168 valence electrons. The van der Waals surface area contributed by atoms with E-state index < -0.39 is 23.7 Å². The highest BCUT2D eigenvalue weighted by Gasteiger charge is 2.23. The monoisotopic (exact) mass is 494 g/mol. The molecule has 2 atom stereocenters. The quantitative estimate of drug-likeness (QED) is 0.500. The van der Waals surface area contributed by atoms with Crippen LogP contribution in [0.5, 0.6) is 0 Å². The zero-order valence-electron chi connectivity index (χ0n) is 17.9. The maximum absolute atomic E-state index is 13.6. The number of nitrogens with one attached hydrogen (secondary N) is 2. The smallest absolute Gasteiger partial charge is 0.217 e. The topological polar surface area (TPSA) is 70.4 Å². The molecule has 0 saturated heterocycles. The van der Waals surface area contributed by atoms with Gasteiger partial charge in [0.25, 0.3) is 0 Å². The molecule has 0 saturated carbocycles. The van der Waals surface area contributed by atoms with E-state index in [1.54, 1.807) is 0 Å². The third kappa shape index (κ3) is 6.24. The summed E-state index contributed by atoms with van der Waals surface area (Å²) in [7, 11) is 0. The van der Waals surface area contributed by atoms with E-state index in [4.69, 9.17) is 5.73 Å². The molecular weight excluding hydrogens is 466 g/mol. The molecule has 1 amide bonds. The minimum absolute atomic E-state index is 0.235. The van der Waals surface area contributed by atoms with Crippen molar-refractivity contribution in [1.82, 2.24) is 10.6 Å². The van der Waals surface area contributed by atoms with Crippen LogP contribution in [0.4, 0.5) is 14.5 Å². The van der Waals surface area contributed by atoms with Crippen molar-refractivity contribution in [2.75, 3.05) is 24.5 Å². The molecule has 1 aliphatic heterocycles. The number of anilines is 1. The number of hydrogen-bond donors (Lipinski definition) is 3. The number of nitrogens with zero attached hydrogens (tertiary/aromatic N) is 1. The van der Waals surface area contributed by atoms with E-state index in [1.807, 2.05) is 0 Å². The molecule has 0 spiro atoms. The predicted octanol–water partition coefficient (Wildman–Crippen LogP) is 3.27. The van der Waals surface area contributed by atoms with Gasteiger partial charge in [-0.3, -0.25) is 4.79 Å². The van der Waals surface area contributed by atoms with Crippen molar-refractivity contribution >= 4 is 27.5 Å². The van der Waals surface area contributed by atoms with Crippen molar-refractivity contribution in [3.63, 3.8) is 0 Å². The molecule has 8 heteroatoms. The first kappa shape index (κ1) is 23.6. The van der Waals surface area contributed by atoms with Gasteiger partial charge in [0.15, 0.2) is 0 Å². The number of carbonyl (C=O) groups is 1. The molecule has 0 unspecified atom stereocenters. The Hall–Kier alpha value is -2.03. The number of amides is 1. The van der Waals surface area contributed by atoms with Gasteiger partial charge in [0.05, 0.1) is 0 Å². The maximum Gasteiger partial charge on any atom is 0.217 e. The minimum Gasteiger partial charge on any atom is -0.371 e. The zero-order valence-corrected chi connectivity index (χ0v) is 19.4. The van der Waals surface area contributed by atoms with Crippen LogP contribution in [0.2, 0.25) is 0 Å². The normalized spacial score (nSPS) is 15.0. The molecule has 5 nitrogen and oxygen atoms in total. The average molecular weight is 495 g/mol. The lowest BCUT2D eigenvalue weighted by molar-refractivity contribution is -0.119. The average Bonchev–Trinajstić information content (AvgIpc) is 3.09. The van der Waals surface area contributed by atoms with Crippen molar-refractivity contribution in [3.05, 3.63) is 63.1 Å². The van der Waals surface area contributed by atoms with Gasteiger partial charge in [-0.1, -0.05) is 15.9 Å². The molecule has 1 heterocycles. The van der Waals surface area contributed by atoms with Gasteiger partial charge in [0.2, 0.25) is 5.91 Å². The minimum atomic E-state index is -0.646. The van der Waals surface area contributed by atoms with Gasteiger partial charge in [0.1, 0.15) is 11.6 Å². The van der Waals surface area contributed by atoms with Crippen molar-refractivity contribution in [3.8, 4) is 0 Å². The second-order valence-electron chi connectivity index (χ2n) is 7.99. The summed E-state index contributed by atoms with van der Waals surface area (Å²) < 4.78 is 28.2. The van der Waals surface area contributed by atoms with Gasteiger partial charge in [-0.15, -0.1) is 0 Å². The number of rotatable bonds is 9. The van der Waals surface area contributed by atoms with Crippen LogP contribution in [0.25, 0.3) is 0 Å². The van der Waals surface area contributed by atoms with Crippen LogP contribution >= 0.6 is 15.9 Å². The van der Waals surface area contributed by atoms with Gasteiger partial charge < -0.3 is 21.3 Å². The fourth-order valence-electron chi connectivity index (χ4n) is 4.20. The van der Waals surface area contributed by atoms with Crippen LogP contribution in [-0.4, -0.2) is 37.6 Å². The van der Waals surface area contributed by atoms with Crippen LogP contribution < -0.4 is 21.3 Å². The summed E-state index contributed by atoms with van der Waals surface area (Å²) in [5, 5.41) is 6.21. The first-order valence-corrected chi connectivity index (χ1v) is 11.3. The lowest BCUT2D eigenvalue weighted by Gasteiger charge is -2.26. The summed E-state index contributed by atoms with van der Waals surface area (Å²) >= 11 is 3.60. The standard InChI is InChI=1S/C23H29BrF2N4O/c1-3-30-5-4-16-9-18(24)10-17(23(16)30)12-28-13-21(27)22(29-14(2)31)8-15-6-19(25)11-20(26)7-15/h6-7,9-11,21-22,28H,3-5,8,12-13,27H2,1-2H3,(H,29,31)/t21-,22-/m0/s1. The van der Waals surface area contributed by atoms with Gasteiger partial charge in [0, 0.05) is 61.4 Å². The first-order valence-electron chi connectivity index (χ1n) is 10.5. The van der Waals surface area contributed by atoms with Crippen LogP contribution in [0, 0.1) is 11.6 Å². The highest BCUT2D eigenvalue weighted by atomic mass is 79.9. The van der Waals surface area contributed by atoms with Crippen LogP contribution in [0.3, 0.4) is 0 Å². The Bertz CT molecular complexity index is 920. The van der Waals surface area contributed by atoms with Crippen molar-refractivity contribution in [2.24, 2.45) is 5.73 Å². The number of benzene rings is 2. The molecule has 0 fully saturated rings. The van der Waals surface area contributed by atoms with E-state index in [-0.39, 0.29) is 12.3 Å². The number of halogens is 3. The lowest BCUT2D eigenvalue weighted by Crippen LogP contribution is -2.52. The Labute approximate surface area is 190 Å². The maximum atomic E-state index is 13.6. The number of carbonyl (C=O) groups excluding carboxylic acids is 1. The van der Waals surface area contributed by atoms with E-state index in [9.17, 15) is 13.6 Å². The van der Waals surface area contributed by atoms with Crippen LogP contribution in [0.1, 0.15) is 30.5 Å². The number of likely N-dealkylation sites (N-methyl/N-ethyl adjacent to an activating group) is 1. The molecule has 0 aliphatic carbocycles. The highest BCUT2D eigenvalue weighted by molar-refractivity contribution is 9.10. The molecule has 0 aromatic heterocycles. The van der Waals surface area contributed by atoms with Gasteiger partial charge >= 0.3 is 0 Å². The van der Waals surface area contributed by atoms with Gasteiger partial charge in [-0.05, 0) is 60.7 Å². The van der Waals surface area contributed by atoms with Crippen molar-refractivity contribution < 1.29 is 13.6 Å². The van der Waals surface area contributed by atoms with E-state index in [0.29, 0.717) is 18.7 Å². The van der Waals surface area contributed by atoms with Crippen molar-refractivity contribution in [1.29, 1.82) is 0 Å². The zero-order chi connectivity index (χ0) is 22.5. The van der Waals surface area contributed by atoms with Gasteiger partial charge in [-0.25, -0.2) is 8.78 Å². The second-order valence-corrected chi connectivity index (χ2v) is 8.90. The third-order valence-electron chi connectivity index (χ3n) is 5.56. The second kappa shape index (κ2) is 10.5. The lowest BCUT2D eigenvalue weighted by atomic mass is 9.99. The Morgan fingerprint density at radius 1 is 1.23 bits per heavy atom.